The number of piperidine rings is 1. The summed E-state index contributed by atoms with van der Waals surface area (Å²) >= 11 is 0. The van der Waals surface area contributed by atoms with Crippen LogP contribution in [0.15, 0.2) is 24.3 Å². The number of morpholine rings is 1. The van der Waals surface area contributed by atoms with E-state index in [9.17, 15) is 18.3 Å². The molecule has 0 unspecified atom stereocenters. The summed E-state index contributed by atoms with van der Waals surface area (Å²) in [5.41, 5.74) is 0.0375. The van der Waals surface area contributed by atoms with Crippen LogP contribution in [0.5, 0.6) is 5.75 Å². The summed E-state index contributed by atoms with van der Waals surface area (Å²) in [6.07, 6.45) is 0.491. The number of rotatable bonds is 3. The molecule has 1 aliphatic carbocycles. The van der Waals surface area contributed by atoms with Crippen molar-refractivity contribution in [2.24, 2.45) is 0 Å². The Kier molecular flexibility index (Phi) is 5.49. The topological polar surface area (TPSA) is 61.7 Å². The highest BCUT2D eigenvalue weighted by Gasteiger charge is 2.40. The Morgan fingerprint density at radius 3 is 2.53 bits per heavy atom. The Morgan fingerprint density at radius 2 is 1.91 bits per heavy atom. The molecule has 1 aromatic heterocycles. The van der Waals surface area contributed by atoms with Crippen LogP contribution in [0.3, 0.4) is 0 Å². The lowest BCUT2D eigenvalue weighted by atomic mass is 9.88. The van der Waals surface area contributed by atoms with Crippen molar-refractivity contribution in [3.05, 3.63) is 35.4 Å². The second-order valence-electron chi connectivity index (χ2n) is 9.00. The SMILES string of the molecule is Cc1cc(C(F)(F)F)cc(O)c1-c1ccc(N2CCO[C@@H]3CCN(C4CCC4)C[C@@H]32)nn1. The number of ether oxygens (including phenoxy) is 1. The van der Waals surface area contributed by atoms with Gasteiger partial charge in [-0.15, -0.1) is 10.2 Å². The third-order valence-corrected chi connectivity index (χ3v) is 7.05. The molecule has 6 nitrogen and oxygen atoms in total. The lowest BCUT2D eigenvalue weighted by Gasteiger charge is -2.50. The molecular weight excluding hydrogens is 421 g/mol. The number of benzene rings is 1. The molecule has 3 aliphatic rings. The van der Waals surface area contributed by atoms with Gasteiger partial charge in [0.05, 0.1) is 30.0 Å². The van der Waals surface area contributed by atoms with E-state index in [0.717, 1.165) is 44.0 Å². The summed E-state index contributed by atoms with van der Waals surface area (Å²) < 4.78 is 45.1. The molecular formula is C23H27F3N4O2. The Morgan fingerprint density at radius 1 is 1.09 bits per heavy atom. The van der Waals surface area contributed by atoms with E-state index in [2.05, 4.69) is 20.0 Å². The number of likely N-dealkylation sites (tertiary alicyclic amines) is 1. The van der Waals surface area contributed by atoms with E-state index in [1.54, 1.807) is 6.07 Å². The minimum absolute atomic E-state index is 0.169. The first-order chi connectivity index (χ1) is 15.3. The fraction of sp³-hybridized carbons (Fsp3) is 0.565. The van der Waals surface area contributed by atoms with Crippen LogP contribution in [0.2, 0.25) is 0 Å². The number of alkyl halides is 3. The van der Waals surface area contributed by atoms with Crippen LogP contribution in [-0.4, -0.2) is 64.6 Å². The van der Waals surface area contributed by atoms with E-state index >= 15 is 0 Å². The van der Waals surface area contributed by atoms with Gasteiger partial charge in [0.15, 0.2) is 5.82 Å². The third kappa shape index (κ3) is 3.92. The lowest BCUT2D eigenvalue weighted by molar-refractivity contribution is -0.137. The van der Waals surface area contributed by atoms with Gasteiger partial charge in [-0.05, 0) is 56.0 Å². The molecule has 9 heteroatoms. The second kappa shape index (κ2) is 8.19. The van der Waals surface area contributed by atoms with E-state index < -0.39 is 17.5 Å². The first-order valence-corrected chi connectivity index (χ1v) is 11.2. The van der Waals surface area contributed by atoms with Crippen molar-refractivity contribution in [3.63, 3.8) is 0 Å². The maximum atomic E-state index is 13.0. The number of halogens is 3. The number of hydrogen-bond acceptors (Lipinski definition) is 6. The van der Waals surface area contributed by atoms with Gasteiger partial charge < -0.3 is 14.7 Å². The number of phenols is 1. The van der Waals surface area contributed by atoms with Crippen molar-refractivity contribution in [1.29, 1.82) is 0 Å². The van der Waals surface area contributed by atoms with Gasteiger partial charge in [-0.1, -0.05) is 6.42 Å². The molecule has 0 radical (unpaired) electrons. The number of anilines is 1. The summed E-state index contributed by atoms with van der Waals surface area (Å²) in [5.74, 6) is 0.279. The molecule has 1 aromatic carbocycles. The average molecular weight is 448 g/mol. The first kappa shape index (κ1) is 21.5. The summed E-state index contributed by atoms with van der Waals surface area (Å²) in [6, 6.07) is 6.20. The van der Waals surface area contributed by atoms with Gasteiger partial charge in [-0.2, -0.15) is 13.2 Å². The van der Waals surface area contributed by atoms with Crippen LogP contribution in [0.1, 0.15) is 36.8 Å². The maximum Gasteiger partial charge on any atom is 0.416 e. The zero-order valence-corrected chi connectivity index (χ0v) is 18.0. The van der Waals surface area contributed by atoms with E-state index in [-0.39, 0.29) is 17.7 Å². The van der Waals surface area contributed by atoms with E-state index in [0.29, 0.717) is 23.9 Å². The largest absolute Gasteiger partial charge is 0.507 e. The highest BCUT2D eigenvalue weighted by molar-refractivity contribution is 5.71. The fourth-order valence-corrected chi connectivity index (χ4v) is 5.14. The molecule has 172 valence electrons. The molecule has 2 aromatic rings. The van der Waals surface area contributed by atoms with Gasteiger partial charge in [0.25, 0.3) is 0 Å². The monoisotopic (exact) mass is 448 g/mol. The molecule has 0 amide bonds. The van der Waals surface area contributed by atoms with Gasteiger partial charge in [0, 0.05) is 31.2 Å². The average Bonchev–Trinajstić information content (AvgIpc) is 2.71. The summed E-state index contributed by atoms with van der Waals surface area (Å²) in [5, 5.41) is 18.9. The summed E-state index contributed by atoms with van der Waals surface area (Å²) in [6.45, 7) is 4.89. The predicted molar refractivity (Wildman–Crippen MR) is 114 cm³/mol. The van der Waals surface area contributed by atoms with Crippen molar-refractivity contribution in [2.75, 3.05) is 31.1 Å². The van der Waals surface area contributed by atoms with Gasteiger partial charge in [-0.3, -0.25) is 4.90 Å². The fourth-order valence-electron chi connectivity index (χ4n) is 5.14. The van der Waals surface area contributed by atoms with E-state index in [1.807, 2.05) is 6.07 Å². The standard InChI is InChI=1S/C23H27F3N4O2/c1-14-11-15(23(24,25)26)12-19(31)22(14)17-5-6-21(28-27-17)30-9-10-32-20-7-8-29(13-18(20)30)16-3-2-4-16/h5-6,11-12,16,18,20,31H,2-4,7-10,13H2,1H3/t18-,20+/m0/s1. The second-order valence-corrected chi connectivity index (χ2v) is 9.00. The van der Waals surface area contributed by atoms with Gasteiger partial charge in [-0.25, -0.2) is 0 Å². The van der Waals surface area contributed by atoms with Crippen LogP contribution in [0.25, 0.3) is 11.3 Å². The van der Waals surface area contributed by atoms with E-state index in [4.69, 9.17) is 4.74 Å². The van der Waals surface area contributed by atoms with Gasteiger partial charge in [0.2, 0.25) is 0 Å². The Balaban J connectivity index is 1.38. The Hall–Kier alpha value is -2.39. The first-order valence-electron chi connectivity index (χ1n) is 11.2. The molecule has 1 saturated carbocycles. The number of aromatic hydroxyl groups is 1. The molecule has 2 saturated heterocycles. The smallest absolute Gasteiger partial charge is 0.416 e. The minimum Gasteiger partial charge on any atom is -0.507 e. The number of aryl methyl sites for hydroxylation is 1. The quantitative estimate of drug-likeness (QED) is 0.766. The van der Waals surface area contributed by atoms with Crippen LogP contribution >= 0.6 is 0 Å². The van der Waals surface area contributed by atoms with E-state index in [1.165, 1.54) is 26.2 Å². The van der Waals surface area contributed by atoms with Crippen LogP contribution < -0.4 is 4.90 Å². The summed E-state index contributed by atoms with van der Waals surface area (Å²) in [7, 11) is 0. The molecule has 0 spiro atoms. The number of phenolic OH excluding ortho intramolecular Hbond substituents is 1. The van der Waals surface area contributed by atoms with Crippen molar-refractivity contribution >= 4 is 5.82 Å². The zero-order chi connectivity index (χ0) is 22.5. The molecule has 3 heterocycles. The van der Waals surface area contributed by atoms with Crippen molar-refractivity contribution < 1.29 is 23.0 Å². The third-order valence-electron chi connectivity index (χ3n) is 7.05. The highest BCUT2D eigenvalue weighted by Crippen LogP contribution is 2.39. The Bertz CT molecular complexity index is 955. The molecule has 5 rings (SSSR count). The molecule has 2 atom stereocenters. The van der Waals surface area contributed by atoms with Crippen LogP contribution in [-0.2, 0) is 10.9 Å². The molecule has 3 fully saturated rings. The van der Waals surface area contributed by atoms with Crippen molar-refractivity contribution in [1.82, 2.24) is 15.1 Å². The number of fused-ring (bicyclic) bond motifs is 1. The lowest BCUT2D eigenvalue weighted by Crippen LogP contribution is -2.62. The number of aromatic nitrogens is 2. The van der Waals surface area contributed by atoms with Crippen LogP contribution in [0.4, 0.5) is 19.0 Å². The predicted octanol–water partition coefficient (Wildman–Crippen LogP) is 4.01. The molecule has 2 aliphatic heterocycles. The maximum absolute atomic E-state index is 13.0. The highest BCUT2D eigenvalue weighted by atomic mass is 19.4. The summed E-state index contributed by atoms with van der Waals surface area (Å²) in [4.78, 5) is 4.81. The molecule has 1 N–H and O–H groups in total. The van der Waals surface area contributed by atoms with Crippen molar-refractivity contribution in [3.8, 4) is 17.0 Å². The zero-order valence-electron chi connectivity index (χ0n) is 18.0. The van der Waals surface area contributed by atoms with Gasteiger partial charge >= 0.3 is 6.18 Å². The molecule has 0 bridgehead atoms. The minimum atomic E-state index is -4.52. The number of hydrogen-bond donors (Lipinski definition) is 1. The van der Waals surface area contributed by atoms with Crippen LogP contribution in [0, 0.1) is 6.92 Å². The number of nitrogens with zero attached hydrogens (tertiary/aromatic N) is 4. The van der Waals surface area contributed by atoms with Crippen molar-refractivity contribution in [2.45, 2.75) is 57.0 Å². The van der Waals surface area contributed by atoms with Gasteiger partial charge in [0.1, 0.15) is 5.75 Å². The molecule has 32 heavy (non-hydrogen) atoms. The normalized spacial score (nSPS) is 24.8. The Labute approximate surface area is 185 Å².